The maximum Gasteiger partial charge on any atom is 0.301 e. The molecule has 1 atom stereocenters. The van der Waals surface area contributed by atoms with Gasteiger partial charge < -0.3 is 14.6 Å². The van der Waals surface area contributed by atoms with Crippen LogP contribution in [0.25, 0.3) is 10.9 Å². The molecule has 1 aromatic carbocycles. The Bertz CT molecular complexity index is 909. The zero-order valence-electron chi connectivity index (χ0n) is 12.7. The van der Waals surface area contributed by atoms with Gasteiger partial charge in [0.2, 0.25) is 5.75 Å². The third-order valence-corrected chi connectivity index (χ3v) is 5.26. The van der Waals surface area contributed by atoms with Crippen LogP contribution in [0, 0.1) is 11.7 Å². The molecule has 0 spiro atoms. The lowest BCUT2D eigenvalue weighted by atomic mass is 10.0. The molecule has 0 saturated heterocycles. The molecule has 1 aliphatic carbocycles. The first-order valence-electron chi connectivity index (χ1n) is 7.58. The van der Waals surface area contributed by atoms with Crippen LogP contribution in [0.3, 0.4) is 0 Å². The lowest BCUT2D eigenvalue weighted by molar-refractivity contribution is -0.0579. The average molecular weight is 403 g/mol. The van der Waals surface area contributed by atoms with Crippen molar-refractivity contribution in [2.24, 2.45) is 13.0 Å². The fourth-order valence-electron chi connectivity index (χ4n) is 3.19. The quantitative estimate of drug-likeness (QED) is 0.791. The lowest BCUT2D eigenvalue weighted by Gasteiger charge is -2.25. The predicted molar refractivity (Wildman–Crippen MR) is 87.4 cm³/mol. The largest absolute Gasteiger partial charge is 0.480 e. The summed E-state index contributed by atoms with van der Waals surface area (Å²) in [5.74, 6) is -3.92. The number of fused-ring (bicyclic) bond motifs is 3. The number of hydrogen-bond donors (Lipinski definition) is 1. The summed E-state index contributed by atoms with van der Waals surface area (Å²) < 4.78 is 49.3. The van der Waals surface area contributed by atoms with Crippen LogP contribution in [0.4, 0.5) is 18.9 Å². The lowest BCUT2D eigenvalue weighted by Crippen LogP contribution is -2.44. The van der Waals surface area contributed by atoms with Crippen molar-refractivity contribution < 1.29 is 17.9 Å². The van der Waals surface area contributed by atoms with Gasteiger partial charge in [-0.3, -0.25) is 4.79 Å². The Labute approximate surface area is 143 Å². The van der Waals surface area contributed by atoms with Gasteiger partial charge in [-0.05, 0) is 46.8 Å². The Morgan fingerprint density at radius 2 is 2.08 bits per heavy atom. The van der Waals surface area contributed by atoms with Crippen molar-refractivity contribution in [3.8, 4) is 5.75 Å². The molecule has 0 bridgehead atoms. The standard InChI is InChI=1S/C16H14BrF3N2O2/c1-22-11-5-10(18)9(17)4-8(11)12-13(15(22)23)24-6-16(19,20)14(21-12)7-2-3-7/h4-5,7,14,21H,2-3,6H2,1H3/t14-/m0/s1. The minimum absolute atomic E-state index is 0.147. The van der Waals surface area contributed by atoms with E-state index >= 15 is 0 Å². The summed E-state index contributed by atoms with van der Waals surface area (Å²) in [6.07, 6.45) is 1.42. The van der Waals surface area contributed by atoms with E-state index in [0.717, 1.165) is 0 Å². The van der Waals surface area contributed by atoms with Crippen molar-refractivity contribution in [1.82, 2.24) is 4.57 Å². The normalized spacial score (nSPS) is 22.5. The molecule has 0 amide bonds. The van der Waals surface area contributed by atoms with Gasteiger partial charge in [-0.15, -0.1) is 0 Å². The number of anilines is 1. The number of nitrogens with zero attached hydrogens (tertiary/aromatic N) is 1. The molecule has 2 aliphatic rings. The minimum Gasteiger partial charge on any atom is -0.480 e. The highest BCUT2D eigenvalue weighted by Gasteiger charge is 2.51. The molecule has 1 aliphatic heterocycles. The van der Waals surface area contributed by atoms with Crippen molar-refractivity contribution >= 4 is 32.5 Å². The van der Waals surface area contributed by atoms with Gasteiger partial charge in [0.25, 0.3) is 5.56 Å². The highest BCUT2D eigenvalue weighted by molar-refractivity contribution is 9.10. The second kappa shape index (κ2) is 5.15. The molecule has 8 heteroatoms. The van der Waals surface area contributed by atoms with Gasteiger partial charge in [-0.2, -0.15) is 0 Å². The molecule has 0 unspecified atom stereocenters. The minimum atomic E-state index is -3.09. The van der Waals surface area contributed by atoms with Crippen molar-refractivity contribution in [3.63, 3.8) is 0 Å². The Morgan fingerprint density at radius 3 is 2.75 bits per heavy atom. The van der Waals surface area contributed by atoms with Crippen LogP contribution >= 0.6 is 15.9 Å². The number of hydrogen-bond acceptors (Lipinski definition) is 3. The summed E-state index contributed by atoms with van der Waals surface area (Å²) in [5.41, 5.74) is -0.0443. The van der Waals surface area contributed by atoms with Gasteiger partial charge in [0.05, 0.1) is 21.7 Å². The highest BCUT2D eigenvalue weighted by Crippen LogP contribution is 2.45. The predicted octanol–water partition coefficient (Wildman–Crippen LogP) is 3.66. The van der Waals surface area contributed by atoms with E-state index in [-0.39, 0.29) is 21.8 Å². The van der Waals surface area contributed by atoms with Gasteiger partial charge in [-0.1, -0.05) is 0 Å². The second-order valence-electron chi connectivity index (χ2n) is 6.36. The van der Waals surface area contributed by atoms with Crippen LogP contribution in [-0.2, 0) is 7.05 Å². The van der Waals surface area contributed by atoms with Crippen molar-refractivity contribution in [1.29, 1.82) is 0 Å². The third-order valence-electron chi connectivity index (χ3n) is 4.65. The summed E-state index contributed by atoms with van der Waals surface area (Å²) >= 11 is 3.11. The topological polar surface area (TPSA) is 43.3 Å². The highest BCUT2D eigenvalue weighted by atomic mass is 79.9. The van der Waals surface area contributed by atoms with Crippen LogP contribution in [0.5, 0.6) is 5.75 Å². The maximum absolute atomic E-state index is 14.4. The molecule has 1 aromatic heterocycles. The van der Waals surface area contributed by atoms with Gasteiger partial charge >= 0.3 is 5.92 Å². The number of pyridine rings is 1. The van der Waals surface area contributed by atoms with E-state index in [0.29, 0.717) is 23.7 Å². The summed E-state index contributed by atoms with van der Waals surface area (Å²) in [4.78, 5) is 12.5. The van der Waals surface area contributed by atoms with E-state index in [9.17, 15) is 18.0 Å². The Balaban J connectivity index is 2.00. The molecule has 24 heavy (non-hydrogen) atoms. The number of aryl methyl sites for hydroxylation is 1. The molecule has 0 radical (unpaired) electrons. The number of nitrogens with one attached hydrogen (secondary N) is 1. The number of ether oxygens (including phenoxy) is 1. The van der Waals surface area contributed by atoms with E-state index in [1.54, 1.807) is 0 Å². The number of rotatable bonds is 1. The molecule has 1 N–H and O–H groups in total. The summed E-state index contributed by atoms with van der Waals surface area (Å²) in [7, 11) is 1.46. The summed E-state index contributed by atoms with van der Waals surface area (Å²) in [6.45, 7) is -0.850. The first-order chi connectivity index (χ1) is 11.3. The van der Waals surface area contributed by atoms with E-state index in [1.165, 1.54) is 23.7 Å². The molecule has 2 heterocycles. The summed E-state index contributed by atoms with van der Waals surface area (Å²) in [5, 5.41) is 3.30. The summed E-state index contributed by atoms with van der Waals surface area (Å²) in [6, 6.07) is 1.59. The molecule has 1 saturated carbocycles. The zero-order valence-corrected chi connectivity index (χ0v) is 14.3. The molecule has 1 fully saturated rings. The smallest absolute Gasteiger partial charge is 0.301 e. The van der Waals surface area contributed by atoms with E-state index in [1.807, 2.05) is 0 Å². The van der Waals surface area contributed by atoms with Gasteiger partial charge in [0.1, 0.15) is 5.82 Å². The monoisotopic (exact) mass is 402 g/mol. The second-order valence-corrected chi connectivity index (χ2v) is 7.22. The van der Waals surface area contributed by atoms with Crippen LogP contribution < -0.4 is 15.6 Å². The van der Waals surface area contributed by atoms with Crippen LogP contribution in [0.1, 0.15) is 12.8 Å². The van der Waals surface area contributed by atoms with Gasteiger partial charge in [0, 0.05) is 12.4 Å². The van der Waals surface area contributed by atoms with Crippen molar-refractivity contribution in [3.05, 3.63) is 32.8 Å². The molecule has 2 aromatic rings. The molecular weight excluding hydrogens is 389 g/mol. The molecular formula is C16H14BrF3N2O2. The van der Waals surface area contributed by atoms with E-state index in [2.05, 4.69) is 21.2 Å². The number of halogens is 4. The van der Waals surface area contributed by atoms with Crippen molar-refractivity contribution in [2.75, 3.05) is 11.9 Å². The van der Waals surface area contributed by atoms with Gasteiger partial charge in [0.15, 0.2) is 6.61 Å². The number of alkyl halides is 2. The Hall–Kier alpha value is -1.70. The maximum atomic E-state index is 14.4. The molecule has 4 nitrogen and oxygen atoms in total. The van der Waals surface area contributed by atoms with Crippen LogP contribution in [-0.4, -0.2) is 23.1 Å². The Morgan fingerprint density at radius 1 is 1.38 bits per heavy atom. The van der Waals surface area contributed by atoms with Crippen LogP contribution in [0.15, 0.2) is 21.4 Å². The number of benzene rings is 1. The average Bonchev–Trinajstić information content (AvgIpc) is 3.34. The SMILES string of the molecule is Cn1c(=O)c2c(c3cc(Br)c(F)cc31)N[C@@H](C1CC1)C(F)(F)CO2. The first kappa shape index (κ1) is 15.8. The molecule has 4 rings (SSSR count). The van der Waals surface area contributed by atoms with Gasteiger partial charge in [-0.25, -0.2) is 13.2 Å². The zero-order chi connectivity index (χ0) is 17.2. The Kier molecular flexibility index (Phi) is 3.39. The third kappa shape index (κ3) is 2.30. The van der Waals surface area contributed by atoms with E-state index < -0.39 is 29.9 Å². The fourth-order valence-corrected chi connectivity index (χ4v) is 3.54. The molecule has 128 valence electrons. The fraction of sp³-hybridized carbons (Fsp3) is 0.438. The first-order valence-corrected chi connectivity index (χ1v) is 8.38. The van der Waals surface area contributed by atoms with E-state index in [4.69, 9.17) is 4.74 Å². The van der Waals surface area contributed by atoms with Crippen LogP contribution in [0.2, 0.25) is 0 Å². The number of aromatic nitrogens is 1. The van der Waals surface area contributed by atoms with Crippen molar-refractivity contribution in [2.45, 2.75) is 24.8 Å².